The van der Waals surface area contributed by atoms with E-state index in [0.717, 1.165) is 11.1 Å². The van der Waals surface area contributed by atoms with Crippen LogP contribution in [0.2, 0.25) is 0 Å². The number of aliphatic hydroxyl groups excluding tert-OH is 1. The highest BCUT2D eigenvalue weighted by atomic mass is 16.5. The lowest BCUT2D eigenvalue weighted by molar-refractivity contribution is -0.135. The van der Waals surface area contributed by atoms with Crippen LogP contribution in [0.1, 0.15) is 24.5 Å². The number of ether oxygens (including phenoxy) is 1. The van der Waals surface area contributed by atoms with Crippen LogP contribution >= 0.6 is 0 Å². The van der Waals surface area contributed by atoms with Gasteiger partial charge in [-0.15, -0.1) is 0 Å². The molecule has 0 aliphatic rings. The minimum atomic E-state index is -0.0510. The quantitative estimate of drug-likeness (QED) is 0.799. The summed E-state index contributed by atoms with van der Waals surface area (Å²) in [5.74, 6) is 5.87. The Kier molecular flexibility index (Phi) is 7.41. The molecule has 1 rings (SSSR count). The summed E-state index contributed by atoms with van der Waals surface area (Å²) < 4.78 is 5.12. The number of likely N-dealkylation sites (N-methyl/N-ethyl adjacent to an activating group) is 1. The lowest BCUT2D eigenvalue weighted by atomic mass is 10.1. The summed E-state index contributed by atoms with van der Waals surface area (Å²) in [6.45, 7) is 3.05. The molecule has 1 aromatic carbocycles. The van der Waals surface area contributed by atoms with E-state index in [4.69, 9.17) is 9.84 Å². The highest BCUT2D eigenvalue weighted by molar-refractivity contribution is 5.77. The molecule has 1 N–H and O–H groups in total. The number of hydrogen-bond acceptors (Lipinski definition) is 3. The number of aliphatic hydroxyl groups is 1. The van der Waals surface area contributed by atoms with Crippen molar-refractivity contribution in [3.8, 4) is 11.8 Å². The summed E-state index contributed by atoms with van der Waals surface area (Å²) in [7, 11) is 1.75. The third-order valence-corrected chi connectivity index (χ3v) is 2.74. The van der Waals surface area contributed by atoms with Gasteiger partial charge in [0, 0.05) is 32.2 Å². The van der Waals surface area contributed by atoms with Crippen LogP contribution in [0.25, 0.3) is 0 Å². The summed E-state index contributed by atoms with van der Waals surface area (Å²) in [5, 5.41) is 8.74. The molecule has 0 saturated carbocycles. The fourth-order valence-electron chi connectivity index (χ4n) is 1.64. The molecule has 0 unspecified atom stereocenters. The lowest BCUT2D eigenvalue weighted by Crippen LogP contribution is -2.30. The number of hydrogen-bond donors (Lipinski definition) is 1. The Morgan fingerprint density at radius 2 is 2.15 bits per heavy atom. The molecule has 0 aliphatic heterocycles. The maximum atomic E-state index is 11.8. The molecule has 108 valence electrons. The van der Waals surface area contributed by atoms with E-state index in [2.05, 4.69) is 11.8 Å². The first-order chi connectivity index (χ1) is 9.69. The predicted octanol–water partition coefficient (Wildman–Crippen LogP) is 1.42. The van der Waals surface area contributed by atoms with Gasteiger partial charge in [0.05, 0.1) is 6.61 Å². The van der Waals surface area contributed by atoms with Gasteiger partial charge in [0.25, 0.3) is 0 Å². The van der Waals surface area contributed by atoms with Crippen molar-refractivity contribution < 1.29 is 14.6 Å². The normalized spacial score (nSPS) is 9.75. The van der Waals surface area contributed by atoms with Crippen LogP contribution < -0.4 is 0 Å². The number of rotatable bonds is 6. The van der Waals surface area contributed by atoms with Crippen LogP contribution in [0.15, 0.2) is 24.3 Å². The number of carbonyl (C=O) groups excluding carboxylic acids is 1. The van der Waals surface area contributed by atoms with E-state index >= 15 is 0 Å². The minimum absolute atomic E-state index is 0.0510. The van der Waals surface area contributed by atoms with Crippen molar-refractivity contribution in [3.05, 3.63) is 35.4 Å². The topological polar surface area (TPSA) is 49.8 Å². The molecular formula is C16H21NO3. The minimum Gasteiger partial charge on any atom is -0.395 e. The van der Waals surface area contributed by atoms with Gasteiger partial charge in [-0.1, -0.05) is 30.0 Å². The van der Waals surface area contributed by atoms with Crippen LogP contribution in [-0.2, 0) is 16.1 Å². The zero-order valence-corrected chi connectivity index (χ0v) is 12.1. The smallest absolute Gasteiger partial charge is 0.248 e. The largest absolute Gasteiger partial charge is 0.395 e. The van der Waals surface area contributed by atoms with Crippen molar-refractivity contribution >= 4 is 5.91 Å². The molecule has 4 nitrogen and oxygen atoms in total. The molecule has 0 fully saturated rings. The van der Waals surface area contributed by atoms with Crippen molar-refractivity contribution in [2.24, 2.45) is 0 Å². The first-order valence-corrected chi connectivity index (χ1v) is 6.68. The molecule has 1 amide bonds. The number of benzene rings is 1. The van der Waals surface area contributed by atoms with E-state index in [-0.39, 0.29) is 19.1 Å². The Bertz CT molecular complexity index is 488. The zero-order valence-electron chi connectivity index (χ0n) is 12.1. The van der Waals surface area contributed by atoms with Gasteiger partial charge in [0.15, 0.2) is 0 Å². The van der Waals surface area contributed by atoms with Gasteiger partial charge in [-0.2, -0.15) is 0 Å². The Morgan fingerprint density at radius 3 is 2.85 bits per heavy atom. The van der Waals surface area contributed by atoms with Gasteiger partial charge in [0.1, 0.15) is 6.61 Å². The van der Waals surface area contributed by atoms with E-state index in [1.165, 1.54) is 0 Å². The number of carbonyl (C=O) groups is 1. The van der Waals surface area contributed by atoms with Crippen molar-refractivity contribution in [2.75, 3.05) is 26.9 Å². The molecule has 0 saturated heterocycles. The Labute approximate surface area is 120 Å². The standard InChI is InChI=1S/C16H21NO3/c1-3-20-13-16(19)17(2)12-15-10-5-4-8-14(15)9-6-7-11-18/h4-5,8,10,18H,3,7,11-13H2,1-2H3. The van der Waals surface area contributed by atoms with Gasteiger partial charge < -0.3 is 14.7 Å². The highest BCUT2D eigenvalue weighted by Crippen LogP contribution is 2.10. The van der Waals surface area contributed by atoms with Crippen molar-refractivity contribution in [3.63, 3.8) is 0 Å². The van der Waals surface area contributed by atoms with Crippen LogP contribution in [0.5, 0.6) is 0 Å². The summed E-state index contributed by atoms with van der Waals surface area (Å²) in [5.41, 5.74) is 1.88. The van der Waals surface area contributed by atoms with Gasteiger partial charge in [-0.25, -0.2) is 0 Å². The zero-order chi connectivity index (χ0) is 14.8. The second-order valence-corrected chi connectivity index (χ2v) is 4.32. The van der Waals surface area contributed by atoms with E-state index in [1.807, 2.05) is 31.2 Å². The van der Waals surface area contributed by atoms with Gasteiger partial charge in [0.2, 0.25) is 5.91 Å². The van der Waals surface area contributed by atoms with Crippen LogP contribution in [-0.4, -0.2) is 42.8 Å². The lowest BCUT2D eigenvalue weighted by Gasteiger charge is -2.18. The van der Waals surface area contributed by atoms with Crippen LogP contribution in [0.4, 0.5) is 0 Å². The maximum absolute atomic E-state index is 11.8. The summed E-state index contributed by atoms with van der Waals surface area (Å²) in [4.78, 5) is 13.4. The average molecular weight is 275 g/mol. The van der Waals surface area contributed by atoms with E-state index in [0.29, 0.717) is 19.6 Å². The fourth-order valence-corrected chi connectivity index (χ4v) is 1.64. The van der Waals surface area contributed by atoms with Crippen LogP contribution in [0, 0.1) is 11.8 Å². The third kappa shape index (κ3) is 5.43. The summed E-state index contributed by atoms with van der Waals surface area (Å²) in [6.07, 6.45) is 0.452. The van der Waals surface area contributed by atoms with E-state index < -0.39 is 0 Å². The van der Waals surface area contributed by atoms with Crippen molar-refractivity contribution in [2.45, 2.75) is 19.9 Å². The predicted molar refractivity (Wildman–Crippen MR) is 78.0 cm³/mol. The molecular weight excluding hydrogens is 254 g/mol. The number of nitrogens with zero attached hydrogens (tertiary/aromatic N) is 1. The fraction of sp³-hybridized carbons (Fsp3) is 0.438. The molecule has 1 aromatic rings. The van der Waals surface area contributed by atoms with Crippen molar-refractivity contribution in [1.29, 1.82) is 0 Å². The SMILES string of the molecule is CCOCC(=O)N(C)Cc1ccccc1C#CCCO. The molecule has 0 atom stereocenters. The summed E-state index contributed by atoms with van der Waals surface area (Å²) >= 11 is 0. The second-order valence-electron chi connectivity index (χ2n) is 4.32. The third-order valence-electron chi connectivity index (χ3n) is 2.74. The Balaban J connectivity index is 2.72. The summed E-state index contributed by atoms with van der Waals surface area (Å²) in [6, 6.07) is 7.70. The van der Waals surface area contributed by atoms with Gasteiger partial charge in [-0.05, 0) is 18.6 Å². The van der Waals surface area contributed by atoms with Crippen molar-refractivity contribution in [1.82, 2.24) is 4.90 Å². The molecule has 0 aliphatic carbocycles. The van der Waals surface area contributed by atoms with Crippen LogP contribution in [0.3, 0.4) is 0 Å². The average Bonchev–Trinajstić information content (AvgIpc) is 2.46. The second kappa shape index (κ2) is 9.13. The first kappa shape index (κ1) is 16.2. The maximum Gasteiger partial charge on any atom is 0.248 e. The molecule has 0 radical (unpaired) electrons. The molecule has 0 heterocycles. The Hall–Kier alpha value is -1.83. The van der Waals surface area contributed by atoms with Gasteiger partial charge >= 0.3 is 0 Å². The molecule has 0 bridgehead atoms. The molecule has 0 spiro atoms. The molecule has 4 heteroatoms. The van der Waals surface area contributed by atoms with Gasteiger partial charge in [-0.3, -0.25) is 4.79 Å². The monoisotopic (exact) mass is 275 g/mol. The molecule has 0 aromatic heterocycles. The van der Waals surface area contributed by atoms with E-state index in [1.54, 1.807) is 11.9 Å². The first-order valence-electron chi connectivity index (χ1n) is 6.68. The van der Waals surface area contributed by atoms with E-state index in [9.17, 15) is 4.79 Å². The highest BCUT2D eigenvalue weighted by Gasteiger charge is 2.10. The number of amides is 1. The molecule has 20 heavy (non-hydrogen) atoms. The Morgan fingerprint density at radius 1 is 1.40 bits per heavy atom.